The fraction of sp³-hybridized carbons (Fsp3) is 0.625. The van der Waals surface area contributed by atoms with Crippen molar-refractivity contribution in [1.82, 2.24) is 4.90 Å². The molecule has 0 aliphatic heterocycles. The van der Waals surface area contributed by atoms with Crippen molar-refractivity contribution in [2.45, 2.75) is 46.7 Å². The number of aliphatic hydroxyl groups is 1. The number of hydrogen-bond acceptors (Lipinski definition) is 3. The largest absolute Gasteiger partial charge is 0.395 e. The Hall–Kier alpha value is -0.820. The Labute approximate surface area is 121 Å². The van der Waals surface area contributed by atoms with Crippen molar-refractivity contribution >= 4 is 11.3 Å². The molecule has 1 N–H and O–H groups in total. The van der Waals surface area contributed by atoms with Crippen LogP contribution in [0.1, 0.15) is 44.6 Å². The summed E-state index contributed by atoms with van der Waals surface area (Å²) in [6.07, 6.45) is 0.548. The van der Waals surface area contributed by atoms with Crippen molar-refractivity contribution in [3.05, 3.63) is 21.9 Å². The van der Waals surface area contributed by atoms with Crippen LogP contribution in [0.5, 0.6) is 0 Å². The second-order valence-corrected chi connectivity index (χ2v) is 7.03. The van der Waals surface area contributed by atoms with Crippen LogP contribution in [0.15, 0.2) is 11.4 Å². The molecule has 0 aromatic carbocycles. The first-order valence-electron chi connectivity index (χ1n) is 6.72. The van der Waals surface area contributed by atoms with Crippen LogP contribution < -0.4 is 0 Å². The highest BCUT2D eigenvalue weighted by atomic mass is 32.1. The molecule has 0 amide bonds. The van der Waals surface area contributed by atoms with E-state index in [1.165, 1.54) is 4.88 Å². The predicted octanol–water partition coefficient (Wildman–Crippen LogP) is 3.35. The minimum absolute atomic E-state index is 0.135. The molecule has 0 bridgehead atoms. The van der Waals surface area contributed by atoms with Crippen LogP contribution in [0.3, 0.4) is 0 Å². The van der Waals surface area contributed by atoms with Crippen LogP contribution in [0.25, 0.3) is 0 Å². The van der Waals surface area contributed by atoms with Crippen LogP contribution in [0, 0.1) is 17.3 Å². The van der Waals surface area contributed by atoms with Gasteiger partial charge in [0.1, 0.15) is 0 Å². The zero-order valence-electron chi connectivity index (χ0n) is 12.7. The monoisotopic (exact) mass is 279 g/mol. The zero-order chi connectivity index (χ0) is 14.5. The SMILES string of the molecule is CC(N(C)Cc1cc(C#CCCO)cs1)C(C)(C)C. The Bertz CT molecular complexity index is 447. The molecule has 0 radical (unpaired) electrons. The van der Waals surface area contributed by atoms with E-state index in [2.05, 4.69) is 62.9 Å². The summed E-state index contributed by atoms with van der Waals surface area (Å²) < 4.78 is 0. The average molecular weight is 279 g/mol. The summed E-state index contributed by atoms with van der Waals surface area (Å²) in [7, 11) is 2.17. The summed E-state index contributed by atoms with van der Waals surface area (Å²) in [5.41, 5.74) is 1.35. The zero-order valence-corrected chi connectivity index (χ0v) is 13.5. The van der Waals surface area contributed by atoms with Crippen LogP contribution in [-0.4, -0.2) is 29.7 Å². The molecule has 1 atom stereocenters. The van der Waals surface area contributed by atoms with Crippen LogP contribution in [-0.2, 0) is 6.54 Å². The number of rotatable bonds is 4. The highest BCUT2D eigenvalue weighted by Crippen LogP contribution is 2.25. The Kier molecular flexibility index (Phi) is 6.06. The molecule has 1 aromatic heterocycles. The molecule has 3 heteroatoms. The topological polar surface area (TPSA) is 23.5 Å². The molecule has 1 heterocycles. The molecule has 0 aliphatic carbocycles. The predicted molar refractivity (Wildman–Crippen MR) is 83.3 cm³/mol. The standard InChI is InChI=1S/C16H25NOS/c1-13(16(2,3)4)17(5)11-15-10-14(12-19-15)8-6-7-9-18/h10,12-13,18H,7,9,11H2,1-5H3. The molecule has 1 aromatic rings. The van der Waals surface area contributed by atoms with E-state index in [-0.39, 0.29) is 12.0 Å². The van der Waals surface area contributed by atoms with E-state index in [0.29, 0.717) is 12.5 Å². The summed E-state index contributed by atoms with van der Waals surface area (Å²) in [5, 5.41) is 10.8. The molecule has 2 nitrogen and oxygen atoms in total. The molecule has 19 heavy (non-hydrogen) atoms. The number of nitrogens with zero attached hydrogens (tertiary/aromatic N) is 1. The minimum Gasteiger partial charge on any atom is -0.395 e. The third-order valence-corrected chi connectivity index (χ3v) is 4.36. The Morgan fingerprint density at radius 3 is 2.68 bits per heavy atom. The van der Waals surface area contributed by atoms with E-state index in [0.717, 1.165) is 12.1 Å². The number of thiophene rings is 1. The molecule has 106 valence electrons. The number of aliphatic hydroxyl groups excluding tert-OH is 1. The van der Waals surface area contributed by atoms with Crippen molar-refractivity contribution in [2.75, 3.05) is 13.7 Å². The summed E-state index contributed by atoms with van der Waals surface area (Å²) in [6, 6.07) is 2.68. The van der Waals surface area contributed by atoms with E-state index >= 15 is 0 Å². The average Bonchev–Trinajstić information content (AvgIpc) is 2.75. The summed E-state index contributed by atoms with van der Waals surface area (Å²) in [6.45, 7) is 10.2. The van der Waals surface area contributed by atoms with Gasteiger partial charge in [-0.2, -0.15) is 0 Å². The third-order valence-electron chi connectivity index (χ3n) is 3.44. The van der Waals surface area contributed by atoms with Gasteiger partial charge in [0.05, 0.1) is 6.61 Å². The van der Waals surface area contributed by atoms with Gasteiger partial charge in [-0.05, 0) is 25.5 Å². The first-order valence-corrected chi connectivity index (χ1v) is 7.60. The molecule has 0 spiro atoms. The molecule has 1 unspecified atom stereocenters. The van der Waals surface area contributed by atoms with E-state index in [4.69, 9.17) is 5.11 Å². The molecule has 0 saturated heterocycles. The Balaban J connectivity index is 2.62. The summed E-state index contributed by atoms with van der Waals surface area (Å²) in [4.78, 5) is 3.73. The van der Waals surface area contributed by atoms with E-state index in [1.54, 1.807) is 11.3 Å². The smallest absolute Gasteiger partial charge is 0.0540 e. The maximum absolute atomic E-state index is 8.70. The second-order valence-electron chi connectivity index (χ2n) is 6.03. The quantitative estimate of drug-likeness (QED) is 0.854. The molecule has 0 saturated carbocycles. The fourth-order valence-electron chi connectivity index (χ4n) is 1.79. The van der Waals surface area contributed by atoms with Crippen molar-refractivity contribution in [2.24, 2.45) is 5.41 Å². The van der Waals surface area contributed by atoms with Crippen molar-refractivity contribution in [3.8, 4) is 11.8 Å². The van der Waals surface area contributed by atoms with Gasteiger partial charge in [-0.1, -0.05) is 32.6 Å². The second kappa shape index (κ2) is 7.09. The van der Waals surface area contributed by atoms with E-state index in [9.17, 15) is 0 Å². The van der Waals surface area contributed by atoms with E-state index in [1.807, 2.05) is 0 Å². The fourth-order valence-corrected chi connectivity index (χ4v) is 2.67. The van der Waals surface area contributed by atoms with Crippen molar-refractivity contribution < 1.29 is 5.11 Å². The van der Waals surface area contributed by atoms with Gasteiger partial charge in [0.2, 0.25) is 0 Å². The lowest BCUT2D eigenvalue weighted by Gasteiger charge is -2.35. The van der Waals surface area contributed by atoms with Crippen molar-refractivity contribution in [3.63, 3.8) is 0 Å². The minimum atomic E-state index is 0.135. The molecule has 1 rings (SSSR count). The Morgan fingerprint density at radius 1 is 1.42 bits per heavy atom. The lowest BCUT2D eigenvalue weighted by atomic mass is 9.87. The van der Waals surface area contributed by atoms with Gasteiger partial charge in [-0.3, -0.25) is 4.90 Å². The third kappa shape index (κ3) is 5.36. The van der Waals surface area contributed by atoms with Gasteiger partial charge in [0.25, 0.3) is 0 Å². The maximum atomic E-state index is 8.70. The molecular weight excluding hydrogens is 254 g/mol. The van der Waals surface area contributed by atoms with Gasteiger partial charge >= 0.3 is 0 Å². The van der Waals surface area contributed by atoms with Gasteiger partial charge in [-0.15, -0.1) is 11.3 Å². The maximum Gasteiger partial charge on any atom is 0.0540 e. The van der Waals surface area contributed by atoms with E-state index < -0.39 is 0 Å². The Morgan fingerprint density at radius 2 is 2.11 bits per heavy atom. The van der Waals surface area contributed by atoms with Gasteiger partial charge in [0.15, 0.2) is 0 Å². The lowest BCUT2D eigenvalue weighted by Crippen LogP contribution is -2.38. The van der Waals surface area contributed by atoms with Gasteiger partial charge < -0.3 is 5.11 Å². The van der Waals surface area contributed by atoms with Crippen LogP contribution in [0.2, 0.25) is 0 Å². The lowest BCUT2D eigenvalue weighted by molar-refractivity contribution is 0.136. The normalized spacial score (nSPS) is 13.2. The van der Waals surface area contributed by atoms with Crippen LogP contribution >= 0.6 is 11.3 Å². The first kappa shape index (κ1) is 16.2. The molecule has 0 fully saturated rings. The highest BCUT2D eigenvalue weighted by molar-refractivity contribution is 7.10. The summed E-state index contributed by atoms with van der Waals surface area (Å²) >= 11 is 1.76. The van der Waals surface area contributed by atoms with Crippen molar-refractivity contribution in [1.29, 1.82) is 0 Å². The highest BCUT2D eigenvalue weighted by Gasteiger charge is 2.23. The summed E-state index contributed by atoms with van der Waals surface area (Å²) in [5.74, 6) is 6.04. The molecule has 0 aliphatic rings. The van der Waals surface area contributed by atoms with Gasteiger partial charge in [-0.25, -0.2) is 0 Å². The molecular formula is C16H25NOS. The van der Waals surface area contributed by atoms with Crippen LogP contribution in [0.4, 0.5) is 0 Å². The number of hydrogen-bond donors (Lipinski definition) is 1. The first-order chi connectivity index (χ1) is 8.84. The van der Waals surface area contributed by atoms with Gasteiger partial charge in [0, 0.05) is 34.8 Å².